The van der Waals surface area contributed by atoms with Gasteiger partial charge >= 0.3 is 47.8 Å². The number of esters is 8. The molecule has 0 saturated carbocycles. The molecule has 0 aromatic heterocycles. The minimum absolute atomic E-state index is 0.0521. The van der Waals surface area contributed by atoms with E-state index < -0.39 is 169 Å². The fourth-order valence-corrected chi connectivity index (χ4v) is 10.6. The second kappa shape index (κ2) is 32.4. The number of halogens is 3. The Morgan fingerprint density at radius 3 is 1.09 bits per heavy atom. The number of alkyl halides is 3. The zero-order chi connectivity index (χ0) is 67.1. The van der Waals surface area contributed by atoms with Gasteiger partial charge in [-0.1, -0.05) is 158 Å². The largest absolute Gasteiger partial charge is 0.459 e. The van der Waals surface area contributed by atoms with Gasteiger partial charge in [-0.05, 0) is 72.8 Å². The van der Waals surface area contributed by atoms with Crippen molar-refractivity contribution in [1.29, 1.82) is 5.41 Å². The molecule has 9 rings (SSSR count). The number of hydrogen-bond donors (Lipinski definition) is 1. The van der Waals surface area contributed by atoms with Gasteiger partial charge in [-0.25, -0.2) is 28.8 Å². The normalized spacial score (nSPS) is 25.8. The van der Waals surface area contributed by atoms with Crippen molar-refractivity contribution >= 4 is 88.5 Å². The minimum atomic E-state index is -2.61. The lowest BCUT2D eigenvalue weighted by molar-refractivity contribution is -0.354. The highest BCUT2D eigenvalue weighted by Crippen LogP contribution is 2.40. The Balaban J connectivity index is 1.11. The van der Waals surface area contributed by atoms with E-state index in [1.165, 1.54) is 79.7 Å². The summed E-state index contributed by atoms with van der Waals surface area (Å²) in [6.07, 6.45) is -22.0. The Labute approximate surface area is 554 Å². The molecule has 0 spiro atoms. The molecule has 6 aromatic rings. The molecule has 23 nitrogen and oxygen atoms in total. The van der Waals surface area contributed by atoms with Crippen molar-refractivity contribution in [2.24, 2.45) is 11.8 Å². The van der Waals surface area contributed by atoms with E-state index in [4.69, 9.17) is 107 Å². The van der Waals surface area contributed by atoms with Crippen molar-refractivity contribution in [3.8, 4) is 0 Å². The Morgan fingerprint density at radius 2 is 0.681 bits per heavy atom. The van der Waals surface area contributed by atoms with Crippen LogP contribution in [-0.2, 0) is 75.9 Å². The quantitative estimate of drug-likeness (QED) is 0.0217. The van der Waals surface area contributed by atoms with Crippen LogP contribution in [0.2, 0.25) is 0 Å². The molecule has 14 unspecified atom stereocenters. The zero-order valence-corrected chi connectivity index (χ0v) is 53.0. The van der Waals surface area contributed by atoms with E-state index in [1.54, 1.807) is 116 Å². The van der Waals surface area contributed by atoms with Gasteiger partial charge in [0.25, 0.3) is 3.79 Å². The van der Waals surface area contributed by atoms with Crippen LogP contribution in [0.15, 0.2) is 182 Å². The van der Waals surface area contributed by atoms with E-state index in [9.17, 15) is 38.4 Å². The van der Waals surface area contributed by atoms with Crippen molar-refractivity contribution in [2.45, 2.75) is 111 Å². The van der Waals surface area contributed by atoms with Crippen molar-refractivity contribution in [1.82, 2.24) is 0 Å². The SMILES string of the molecule is CC(=O)OC1C(OC(=N)C(Cl)(Cl)Cl)OC(COC2OC(COC(=O)c3ccccc3)C(OC(=O)c3ccccc3)C(OC(=O)c3ccccc3)C2C)[C@@H](OC(C)=O)C1OC1OC(COC(=O)c2ccccc2)C(OC(=O)c2ccccc2)C(C)C1OC(=O)c1ccccc1. The number of ether oxygens (including phenoxy) is 14. The summed E-state index contributed by atoms with van der Waals surface area (Å²) in [7, 11) is 0. The van der Waals surface area contributed by atoms with E-state index in [-0.39, 0.29) is 33.4 Å². The van der Waals surface area contributed by atoms with Gasteiger partial charge in [-0.2, -0.15) is 0 Å². The third-order valence-electron chi connectivity index (χ3n) is 15.1. The molecule has 3 heterocycles. The summed E-state index contributed by atoms with van der Waals surface area (Å²) in [6, 6.07) is 47.3. The average Bonchev–Trinajstić information content (AvgIpc) is 0.775. The standard InChI is InChI=1S/C68H64Cl3NO22/c1-38-51(89-60(77)44-27-15-7-16-28-44)48(35-81-58(75)42-23-11-5-12-24-42)87-65(53(38)91-62(79)46-31-19-9-20-32-46)93-56-55(84-40(3)73)50(88-66(57(56)85-41(4)74)94-67(72)68(69,70)71)37-83-64-39(2)52(90-61(78)45-29-17-8-18-30-45)54(92-63(80)47-33-21-10-22-34-47)49(86-64)36-82-59(76)43-25-13-6-14-26-43/h5-34,38-39,48-57,64-66,72H,35-37H2,1-4H3/t38?,39?,48?,49?,50?,51?,52?,53?,54?,55-,56?,57?,64?,65?,66?/m1/s1. The molecule has 3 aliphatic heterocycles. The molecule has 0 aliphatic carbocycles. The Kier molecular flexibility index (Phi) is 24.0. The summed E-state index contributed by atoms with van der Waals surface area (Å²) in [5.41, 5.74) is 0.684. The third-order valence-corrected chi connectivity index (χ3v) is 15.6. The maximum atomic E-state index is 14.3. The number of nitrogens with one attached hydrogen (secondary N) is 1. The predicted octanol–water partition coefficient (Wildman–Crippen LogP) is 9.68. The molecule has 94 heavy (non-hydrogen) atoms. The van der Waals surface area contributed by atoms with E-state index >= 15 is 0 Å². The molecule has 494 valence electrons. The van der Waals surface area contributed by atoms with Crippen LogP contribution in [0, 0.1) is 17.2 Å². The summed E-state index contributed by atoms with van der Waals surface area (Å²) < 4.78 is 84.6. The molecule has 0 bridgehead atoms. The summed E-state index contributed by atoms with van der Waals surface area (Å²) in [6.45, 7) is 3.07. The molecular formula is C68H64Cl3NO22. The van der Waals surface area contributed by atoms with Crippen LogP contribution >= 0.6 is 34.8 Å². The fraction of sp³-hybridized carbons (Fsp3) is 0.338. The Morgan fingerprint density at radius 1 is 0.362 bits per heavy atom. The predicted molar refractivity (Wildman–Crippen MR) is 331 cm³/mol. The first-order valence-electron chi connectivity index (χ1n) is 29.5. The lowest BCUT2D eigenvalue weighted by atomic mass is 9.89. The molecule has 15 atom stereocenters. The smallest absolute Gasteiger partial charge is 0.338 e. The Bertz CT molecular complexity index is 3570. The molecular weight excluding hydrogens is 1290 g/mol. The highest BCUT2D eigenvalue weighted by molar-refractivity contribution is 6.76. The van der Waals surface area contributed by atoms with Gasteiger partial charge in [-0.3, -0.25) is 15.0 Å². The van der Waals surface area contributed by atoms with Gasteiger partial charge in [-0.15, -0.1) is 0 Å². The molecule has 1 N–H and O–H groups in total. The van der Waals surface area contributed by atoms with Crippen LogP contribution < -0.4 is 0 Å². The first kappa shape index (κ1) is 69.6. The Hall–Kier alpha value is -8.78. The van der Waals surface area contributed by atoms with Gasteiger partial charge in [0.05, 0.1) is 40.0 Å². The molecule has 0 radical (unpaired) electrons. The first-order valence-corrected chi connectivity index (χ1v) is 30.7. The maximum Gasteiger partial charge on any atom is 0.338 e. The van der Waals surface area contributed by atoms with Crippen LogP contribution in [0.25, 0.3) is 0 Å². The molecule has 3 aliphatic rings. The van der Waals surface area contributed by atoms with Crippen molar-refractivity contribution in [2.75, 3.05) is 19.8 Å². The molecule has 6 aromatic carbocycles. The van der Waals surface area contributed by atoms with Crippen LogP contribution in [0.4, 0.5) is 0 Å². The van der Waals surface area contributed by atoms with Gasteiger partial charge in [0.2, 0.25) is 12.2 Å². The highest BCUT2D eigenvalue weighted by Gasteiger charge is 2.58. The van der Waals surface area contributed by atoms with E-state index in [2.05, 4.69) is 0 Å². The topological polar surface area (TPSA) is 290 Å². The second-order valence-electron chi connectivity index (χ2n) is 21.7. The number of rotatable bonds is 22. The van der Waals surface area contributed by atoms with Gasteiger partial charge < -0.3 is 66.3 Å². The average molecular weight is 1350 g/mol. The fourth-order valence-electron chi connectivity index (χ4n) is 10.5. The van der Waals surface area contributed by atoms with Crippen molar-refractivity contribution in [3.63, 3.8) is 0 Å². The van der Waals surface area contributed by atoms with Crippen LogP contribution in [0.1, 0.15) is 89.8 Å². The number of benzene rings is 6. The third kappa shape index (κ3) is 18.1. The van der Waals surface area contributed by atoms with Gasteiger partial charge in [0, 0.05) is 25.7 Å². The lowest BCUT2D eigenvalue weighted by Gasteiger charge is -2.49. The number of carbonyl (C=O) groups is 8. The van der Waals surface area contributed by atoms with Crippen LogP contribution in [0.5, 0.6) is 0 Å². The summed E-state index contributed by atoms with van der Waals surface area (Å²) in [4.78, 5) is 111. The number of carbonyl (C=O) groups excluding carboxylic acids is 8. The van der Waals surface area contributed by atoms with Crippen molar-refractivity contribution in [3.05, 3.63) is 215 Å². The molecule has 26 heteroatoms. The molecule has 3 saturated heterocycles. The van der Waals surface area contributed by atoms with Gasteiger partial charge in [0.1, 0.15) is 49.8 Å². The van der Waals surface area contributed by atoms with Gasteiger partial charge in [0.15, 0.2) is 37.0 Å². The zero-order valence-electron chi connectivity index (χ0n) is 50.7. The van der Waals surface area contributed by atoms with E-state index in [1.807, 2.05) is 0 Å². The summed E-state index contributed by atoms with van der Waals surface area (Å²) >= 11 is 18.6. The first-order chi connectivity index (χ1) is 45.1. The summed E-state index contributed by atoms with van der Waals surface area (Å²) in [5.74, 6) is -10.5. The second-order valence-corrected chi connectivity index (χ2v) is 24.0. The van der Waals surface area contributed by atoms with E-state index in [0.717, 1.165) is 13.8 Å². The van der Waals surface area contributed by atoms with Crippen LogP contribution in [0.3, 0.4) is 0 Å². The monoisotopic (exact) mass is 1350 g/mol. The molecule has 0 amide bonds. The van der Waals surface area contributed by atoms with Crippen LogP contribution in [-0.4, -0.2) is 157 Å². The number of hydrogen-bond acceptors (Lipinski definition) is 23. The summed E-state index contributed by atoms with van der Waals surface area (Å²) in [5, 5.41) is 8.73. The minimum Gasteiger partial charge on any atom is -0.459 e. The molecule has 3 fully saturated rings. The highest BCUT2D eigenvalue weighted by atomic mass is 35.6. The van der Waals surface area contributed by atoms with E-state index in [0.29, 0.717) is 0 Å². The lowest BCUT2D eigenvalue weighted by Crippen LogP contribution is -2.66. The van der Waals surface area contributed by atoms with Crippen molar-refractivity contribution < 1.29 is 105 Å². The maximum absolute atomic E-state index is 14.3.